The Morgan fingerprint density at radius 1 is 1.27 bits per heavy atom. The van der Waals surface area contributed by atoms with Crippen LogP contribution in [-0.4, -0.2) is 24.6 Å². The van der Waals surface area contributed by atoms with Crippen molar-refractivity contribution >= 4 is 11.9 Å². The average Bonchev–Trinajstić information content (AvgIpc) is 2.50. The van der Waals surface area contributed by atoms with Crippen LogP contribution in [0.3, 0.4) is 0 Å². The van der Waals surface area contributed by atoms with Crippen LogP contribution in [0.25, 0.3) is 0 Å². The zero-order valence-corrected chi connectivity index (χ0v) is 14.2. The summed E-state index contributed by atoms with van der Waals surface area (Å²) in [4.78, 5) is 12.2. The Labute approximate surface area is 134 Å². The molecule has 1 aliphatic rings. The van der Waals surface area contributed by atoms with Gasteiger partial charge in [-0.05, 0) is 51.4 Å². The van der Waals surface area contributed by atoms with Gasteiger partial charge in [0.15, 0.2) is 5.96 Å². The number of carbonyl (C=O) groups is 1. The van der Waals surface area contributed by atoms with Gasteiger partial charge < -0.3 is 15.8 Å². The highest BCUT2D eigenvalue weighted by molar-refractivity contribution is 5.74. The third-order valence-electron chi connectivity index (χ3n) is 4.54. The van der Waals surface area contributed by atoms with E-state index in [1.54, 1.807) is 0 Å². The minimum Gasteiger partial charge on any atom is -0.462 e. The molecule has 1 atom stereocenters. The molecule has 0 amide bonds. The molecule has 5 heteroatoms. The third-order valence-corrected chi connectivity index (χ3v) is 4.54. The number of rotatable bonds is 9. The summed E-state index contributed by atoms with van der Waals surface area (Å²) in [6, 6.07) is 0. The van der Waals surface area contributed by atoms with Crippen molar-refractivity contribution in [2.45, 2.75) is 77.7 Å². The maximum Gasteiger partial charge on any atom is 0.309 e. The van der Waals surface area contributed by atoms with Gasteiger partial charge in [-0.1, -0.05) is 26.2 Å². The van der Waals surface area contributed by atoms with Crippen LogP contribution in [-0.2, 0) is 9.53 Å². The zero-order chi connectivity index (χ0) is 16.4. The van der Waals surface area contributed by atoms with Crippen molar-refractivity contribution in [3.05, 3.63) is 0 Å². The summed E-state index contributed by atoms with van der Waals surface area (Å²) in [7, 11) is 0. The first-order chi connectivity index (χ1) is 10.5. The Kier molecular flexibility index (Phi) is 8.94. The molecule has 0 aromatic carbocycles. The van der Waals surface area contributed by atoms with Crippen molar-refractivity contribution in [3.63, 3.8) is 0 Å². The third kappa shape index (κ3) is 7.66. The van der Waals surface area contributed by atoms with E-state index in [2.05, 4.69) is 12.2 Å². The maximum absolute atomic E-state index is 12.2. The van der Waals surface area contributed by atoms with Crippen molar-refractivity contribution in [3.8, 4) is 0 Å². The van der Waals surface area contributed by atoms with E-state index in [1.807, 2.05) is 6.92 Å². The van der Waals surface area contributed by atoms with Crippen LogP contribution < -0.4 is 11.1 Å². The molecule has 1 saturated carbocycles. The molecule has 0 aromatic heterocycles. The summed E-state index contributed by atoms with van der Waals surface area (Å²) >= 11 is 0. The summed E-state index contributed by atoms with van der Waals surface area (Å²) in [5.41, 5.74) is 5.30. The number of esters is 1. The zero-order valence-electron chi connectivity index (χ0n) is 14.2. The van der Waals surface area contributed by atoms with E-state index >= 15 is 0 Å². The summed E-state index contributed by atoms with van der Waals surface area (Å²) in [5, 5.41) is 10.0. The molecule has 5 nitrogen and oxygen atoms in total. The predicted octanol–water partition coefficient (Wildman–Crippen LogP) is 3.18. The molecule has 0 aliphatic heterocycles. The van der Waals surface area contributed by atoms with Gasteiger partial charge in [0, 0.05) is 6.54 Å². The van der Waals surface area contributed by atoms with Gasteiger partial charge in [0.2, 0.25) is 0 Å². The number of nitrogens with one attached hydrogen (secondary N) is 2. The van der Waals surface area contributed by atoms with E-state index in [4.69, 9.17) is 15.9 Å². The molecule has 0 saturated heterocycles. The Morgan fingerprint density at radius 2 is 1.95 bits per heavy atom. The van der Waals surface area contributed by atoms with E-state index in [0.29, 0.717) is 5.92 Å². The molecule has 1 unspecified atom stereocenters. The predicted molar refractivity (Wildman–Crippen MR) is 89.7 cm³/mol. The first-order valence-corrected chi connectivity index (χ1v) is 8.81. The fraction of sp³-hybridized carbons (Fsp3) is 0.882. The summed E-state index contributed by atoms with van der Waals surface area (Å²) in [5.74, 6) is 0.588. The van der Waals surface area contributed by atoms with Crippen molar-refractivity contribution in [2.75, 3.05) is 6.54 Å². The highest BCUT2D eigenvalue weighted by Gasteiger charge is 2.28. The van der Waals surface area contributed by atoms with Gasteiger partial charge in [0.1, 0.15) is 0 Å². The van der Waals surface area contributed by atoms with E-state index in [-0.39, 0.29) is 24.0 Å². The topological polar surface area (TPSA) is 88.2 Å². The second-order valence-electron chi connectivity index (χ2n) is 6.61. The van der Waals surface area contributed by atoms with Crippen molar-refractivity contribution in [1.29, 1.82) is 5.41 Å². The minimum absolute atomic E-state index is 0.0130. The van der Waals surface area contributed by atoms with Crippen LogP contribution in [0.5, 0.6) is 0 Å². The fourth-order valence-electron chi connectivity index (χ4n) is 3.07. The normalized spacial score (nSPS) is 22.8. The summed E-state index contributed by atoms with van der Waals surface area (Å²) in [6.07, 6.45) is 9.69. The highest BCUT2D eigenvalue weighted by atomic mass is 16.5. The van der Waals surface area contributed by atoms with Crippen molar-refractivity contribution < 1.29 is 9.53 Å². The number of nitrogens with two attached hydrogens (primary N) is 1. The van der Waals surface area contributed by atoms with Gasteiger partial charge in [-0.25, -0.2) is 0 Å². The number of unbranched alkanes of at least 4 members (excludes halogenated alkanes) is 3. The molecule has 1 aliphatic carbocycles. The van der Waals surface area contributed by atoms with Crippen LogP contribution in [0.1, 0.15) is 71.6 Å². The summed E-state index contributed by atoms with van der Waals surface area (Å²) < 4.78 is 5.59. The first-order valence-electron chi connectivity index (χ1n) is 8.81. The van der Waals surface area contributed by atoms with E-state index in [9.17, 15) is 4.79 Å². The lowest BCUT2D eigenvalue weighted by atomic mass is 9.82. The smallest absolute Gasteiger partial charge is 0.309 e. The standard InChI is InChI=1S/C17H33N3O2/c1-3-4-5-6-7-13(2)22-16(21)15-10-8-14(9-11-15)12-20-17(18)19/h13-15H,3-12H2,1-2H3,(H4,18,19,20)/t13?,14-,15-. The van der Waals surface area contributed by atoms with Crippen LogP contribution in [0.15, 0.2) is 0 Å². The Bertz CT molecular complexity index is 339. The van der Waals surface area contributed by atoms with Crippen molar-refractivity contribution in [2.24, 2.45) is 17.6 Å². The molecule has 0 spiro atoms. The lowest BCUT2D eigenvalue weighted by Crippen LogP contribution is -2.36. The number of guanidine groups is 1. The second-order valence-corrected chi connectivity index (χ2v) is 6.61. The Hall–Kier alpha value is -1.26. The largest absolute Gasteiger partial charge is 0.462 e. The number of carbonyl (C=O) groups excluding carboxylic acids is 1. The molecular weight excluding hydrogens is 278 g/mol. The van der Waals surface area contributed by atoms with E-state index in [0.717, 1.165) is 45.1 Å². The lowest BCUT2D eigenvalue weighted by molar-refractivity contribution is -0.155. The molecule has 1 rings (SSSR count). The molecule has 1 fully saturated rings. The first kappa shape index (κ1) is 18.8. The van der Waals surface area contributed by atoms with Gasteiger partial charge in [-0.15, -0.1) is 0 Å². The van der Waals surface area contributed by atoms with Gasteiger partial charge >= 0.3 is 5.97 Å². The minimum atomic E-state index is -0.0130. The van der Waals surface area contributed by atoms with Crippen LogP contribution in [0, 0.1) is 17.2 Å². The molecule has 0 bridgehead atoms. The summed E-state index contributed by atoms with van der Waals surface area (Å²) in [6.45, 7) is 4.95. The van der Waals surface area contributed by atoms with Crippen LogP contribution in [0.2, 0.25) is 0 Å². The molecule has 22 heavy (non-hydrogen) atoms. The van der Waals surface area contributed by atoms with Gasteiger partial charge in [0.05, 0.1) is 12.0 Å². The molecule has 0 radical (unpaired) electrons. The number of hydrogen-bond donors (Lipinski definition) is 3. The van der Waals surface area contributed by atoms with Gasteiger partial charge in [-0.3, -0.25) is 10.2 Å². The Balaban J connectivity index is 2.17. The molecule has 0 aromatic rings. The SMILES string of the molecule is CCCCCCC(C)OC(=O)[C@H]1CC[C@H](CNC(=N)N)CC1. The van der Waals surface area contributed by atoms with Crippen LogP contribution >= 0.6 is 0 Å². The fourth-order valence-corrected chi connectivity index (χ4v) is 3.07. The Morgan fingerprint density at radius 3 is 2.55 bits per heavy atom. The van der Waals surface area contributed by atoms with Gasteiger partial charge in [0.25, 0.3) is 0 Å². The van der Waals surface area contributed by atoms with E-state index in [1.165, 1.54) is 19.3 Å². The van der Waals surface area contributed by atoms with E-state index < -0.39 is 0 Å². The molecule has 0 heterocycles. The monoisotopic (exact) mass is 311 g/mol. The lowest BCUT2D eigenvalue weighted by Gasteiger charge is -2.28. The maximum atomic E-state index is 12.2. The molecule has 4 N–H and O–H groups in total. The van der Waals surface area contributed by atoms with Gasteiger partial charge in [-0.2, -0.15) is 0 Å². The van der Waals surface area contributed by atoms with Crippen molar-refractivity contribution in [1.82, 2.24) is 5.32 Å². The second kappa shape index (κ2) is 10.5. The van der Waals surface area contributed by atoms with Crippen LogP contribution in [0.4, 0.5) is 0 Å². The highest BCUT2D eigenvalue weighted by Crippen LogP contribution is 2.29. The quantitative estimate of drug-likeness (QED) is 0.264. The molecule has 128 valence electrons. The number of hydrogen-bond acceptors (Lipinski definition) is 3. The average molecular weight is 311 g/mol. The molecular formula is C17H33N3O2. The number of ether oxygens (including phenoxy) is 1.